The zero-order valence-electron chi connectivity index (χ0n) is 11.2. The summed E-state index contributed by atoms with van der Waals surface area (Å²) in [5, 5.41) is 4.58. The van der Waals surface area contributed by atoms with Crippen molar-refractivity contribution in [3.05, 3.63) is 47.8 Å². The fraction of sp³-hybridized carbons (Fsp3) is 0.200. The number of ether oxygens (including phenoxy) is 1. The topological polar surface area (TPSA) is 39.4 Å². The zero-order valence-corrected chi connectivity index (χ0v) is 11.2. The lowest BCUT2D eigenvalue weighted by Crippen LogP contribution is -1.94. The first-order valence-corrected chi connectivity index (χ1v) is 6.15. The second-order valence-corrected chi connectivity index (χ2v) is 4.59. The fourth-order valence-corrected chi connectivity index (χ4v) is 2.19. The van der Waals surface area contributed by atoms with E-state index in [1.54, 1.807) is 7.11 Å². The molecule has 0 N–H and O–H groups in total. The van der Waals surface area contributed by atoms with Gasteiger partial charge >= 0.3 is 0 Å². The molecule has 4 nitrogen and oxygen atoms in total. The number of hydrogen-bond acceptors (Lipinski definition) is 3. The Bertz CT molecular complexity index is 746. The summed E-state index contributed by atoms with van der Waals surface area (Å²) < 4.78 is 7.08. The Morgan fingerprint density at radius 1 is 1.11 bits per heavy atom. The molecule has 3 rings (SSSR count). The summed E-state index contributed by atoms with van der Waals surface area (Å²) >= 11 is 0. The van der Waals surface area contributed by atoms with Gasteiger partial charge in [0.05, 0.1) is 24.7 Å². The number of rotatable bonds is 2. The lowest BCUT2D eigenvalue weighted by Gasteiger charge is -2.07. The Labute approximate surface area is 111 Å². The summed E-state index contributed by atoms with van der Waals surface area (Å²) in [4.78, 5) is 4.37. The first-order chi connectivity index (χ1) is 9.17. The monoisotopic (exact) mass is 253 g/mol. The Morgan fingerprint density at radius 2 is 1.95 bits per heavy atom. The van der Waals surface area contributed by atoms with Crippen molar-refractivity contribution in [2.45, 2.75) is 13.8 Å². The van der Waals surface area contributed by atoms with E-state index >= 15 is 0 Å². The van der Waals surface area contributed by atoms with Crippen molar-refractivity contribution in [3.63, 3.8) is 0 Å². The molecule has 0 saturated heterocycles. The van der Waals surface area contributed by atoms with E-state index in [1.165, 1.54) is 0 Å². The maximum Gasteiger partial charge on any atom is 0.153 e. The van der Waals surface area contributed by atoms with Crippen molar-refractivity contribution in [1.82, 2.24) is 14.6 Å². The molecular weight excluding hydrogens is 238 g/mol. The van der Waals surface area contributed by atoms with E-state index in [9.17, 15) is 0 Å². The standard InChI is InChI=1S/C15H15N3O/c1-10-8-12(4-6-14(10)19-3)13-5-7-15-16-11(2)9-18(15)17-13/h4-9H,1-3H3. The van der Waals surface area contributed by atoms with Crippen molar-refractivity contribution in [1.29, 1.82) is 0 Å². The highest BCUT2D eigenvalue weighted by atomic mass is 16.5. The highest BCUT2D eigenvalue weighted by Crippen LogP contribution is 2.24. The van der Waals surface area contributed by atoms with Crippen LogP contribution in [-0.4, -0.2) is 21.7 Å². The number of hydrogen-bond donors (Lipinski definition) is 0. The van der Waals surface area contributed by atoms with E-state index in [4.69, 9.17) is 4.74 Å². The van der Waals surface area contributed by atoms with Crippen LogP contribution in [0, 0.1) is 13.8 Å². The van der Waals surface area contributed by atoms with Gasteiger partial charge in [-0.25, -0.2) is 9.50 Å². The molecule has 0 aliphatic carbocycles. The van der Waals surface area contributed by atoms with Crippen molar-refractivity contribution in [2.75, 3.05) is 7.11 Å². The lowest BCUT2D eigenvalue weighted by molar-refractivity contribution is 0.412. The van der Waals surface area contributed by atoms with Gasteiger partial charge in [0.25, 0.3) is 0 Å². The van der Waals surface area contributed by atoms with Gasteiger partial charge in [-0.3, -0.25) is 0 Å². The molecule has 0 atom stereocenters. The molecule has 3 aromatic rings. The predicted molar refractivity (Wildman–Crippen MR) is 74.4 cm³/mol. The Kier molecular flexibility index (Phi) is 2.71. The van der Waals surface area contributed by atoms with Crippen molar-refractivity contribution in [2.24, 2.45) is 0 Å². The average Bonchev–Trinajstić information content (AvgIpc) is 2.77. The molecule has 0 amide bonds. The van der Waals surface area contributed by atoms with Crippen LogP contribution in [-0.2, 0) is 0 Å². The quantitative estimate of drug-likeness (QED) is 0.704. The van der Waals surface area contributed by atoms with Gasteiger partial charge in [0.1, 0.15) is 5.75 Å². The van der Waals surface area contributed by atoms with Gasteiger partial charge in [-0.15, -0.1) is 0 Å². The lowest BCUT2D eigenvalue weighted by atomic mass is 10.1. The van der Waals surface area contributed by atoms with Crippen LogP contribution in [0.25, 0.3) is 16.9 Å². The molecule has 19 heavy (non-hydrogen) atoms. The zero-order chi connectivity index (χ0) is 13.4. The maximum absolute atomic E-state index is 5.27. The van der Waals surface area contributed by atoms with Gasteiger partial charge in [0.15, 0.2) is 5.65 Å². The molecule has 0 bridgehead atoms. The molecule has 0 unspecified atom stereocenters. The van der Waals surface area contributed by atoms with Crippen LogP contribution >= 0.6 is 0 Å². The van der Waals surface area contributed by atoms with Gasteiger partial charge in [-0.05, 0) is 49.7 Å². The summed E-state index contributed by atoms with van der Waals surface area (Å²) in [7, 11) is 1.68. The summed E-state index contributed by atoms with van der Waals surface area (Å²) in [5.41, 5.74) is 4.94. The molecule has 2 aromatic heterocycles. The van der Waals surface area contributed by atoms with Gasteiger partial charge in [-0.2, -0.15) is 5.10 Å². The number of aryl methyl sites for hydroxylation is 2. The first-order valence-electron chi connectivity index (χ1n) is 6.15. The fourth-order valence-electron chi connectivity index (χ4n) is 2.19. The van der Waals surface area contributed by atoms with E-state index in [0.29, 0.717) is 0 Å². The van der Waals surface area contributed by atoms with Crippen LogP contribution in [0.4, 0.5) is 0 Å². The third-order valence-electron chi connectivity index (χ3n) is 3.13. The van der Waals surface area contributed by atoms with Crippen LogP contribution in [0.1, 0.15) is 11.3 Å². The summed E-state index contributed by atoms with van der Waals surface area (Å²) in [5.74, 6) is 0.892. The number of nitrogens with zero attached hydrogens (tertiary/aromatic N) is 3. The number of fused-ring (bicyclic) bond motifs is 1. The maximum atomic E-state index is 5.27. The number of aromatic nitrogens is 3. The largest absolute Gasteiger partial charge is 0.496 e. The van der Waals surface area contributed by atoms with Crippen molar-refractivity contribution in [3.8, 4) is 17.0 Å². The number of imidazole rings is 1. The number of benzene rings is 1. The van der Waals surface area contributed by atoms with E-state index in [1.807, 2.05) is 48.8 Å². The molecule has 0 spiro atoms. The van der Waals surface area contributed by atoms with Gasteiger partial charge in [0.2, 0.25) is 0 Å². The SMILES string of the molecule is COc1ccc(-c2ccc3nc(C)cn3n2)cc1C. The minimum absolute atomic E-state index is 0.867. The first kappa shape index (κ1) is 11.7. The van der Waals surface area contributed by atoms with Crippen LogP contribution in [0.15, 0.2) is 36.5 Å². The Balaban J connectivity index is 2.10. The van der Waals surface area contributed by atoms with E-state index < -0.39 is 0 Å². The van der Waals surface area contributed by atoms with Crippen molar-refractivity contribution < 1.29 is 4.74 Å². The van der Waals surface area contributed by atoms with Crippen LogP contribution in [0.5, 0.6) is 5.75 Å². The van der Waals surface area contributed by atoms with Gasteiger partial charge < -0.3 is 4.74 Å². The van der Waals surface area contributed by atoms with E-state index in [0.717, 1.165) is 33.9 Å². The average molecular weight is 253 g/mol. The van der Waals surface area contributed by atoms with Gasteiger partial charge in [-0.1, -0.05) is 0 Å². The van der Waals surface area contributed by atoms with Crippen LogP contribution in [0.2, 0.25) is 0 Å². The number of methoxy groups -OCH3 is 1. The third kappa shape index (κ3) is 2.05. The molecule has 0 saturated carbocycles. The molecular formula is C15H15N3O. The van der Waals surface area contributed by atoms with Gasteiger partial charge in [0, 0.05) is 5.56 Å². The molecule has 96 valence electrons. The molecule has 0 aliphatic rings. The third-order valence-corrected chi connectivity index (χ3v) is 3.13. The highest BCUT2D eigenvalue weighted by Gasteiger charge is 2.05. The Hall–Kier alpha value is -2.36. The minimum Gasteiger partial charge on any atom is -0.496 e. The molecule has 0 radical (unpaired) electrons. The smallest absolute Gasteiger partial charge is 0.153 e. The van der Waals surface area contributed by atoms with Crippen LogP contribution in [0.3, 0.4) is 0 Å². The molecule has 4 heteroatoms. The summed E-state index contributed by atoms with van der Waals surface area (Å²) in [6.45, 7) is 3.99. The summed E-state index contributed by atoms with van der Waals surface area (Å²) in [6, 6.07) is 10.0. The predicted octanol–water partition coefficient (Wildman–Crippen LogP) is 3.02. The molecule has 0 aliphatic heterocycles. The molecule has 1 aromatic carbocycles. The second-order valence-electron chi connectivity index (χ2n) is 4.59. The van der Waals surface area contributed by atoms with E-state index in [2.05, 4.69) is 16.1 Å². The molecule has 2 heterocycles. The minimum atomic E-state index is 0.867. The second kappa shape index (κ2) is 4.39. The normalized spacial score (nSPS) is 10.9. The highest BCUT2D eigenvalue weighted by molar-refractivity contribution is 5.62. The summed E-state index contributed by atoms with van der Waals surface area (Å²) in [6.07, 6.45) is 1.93. The Morgan fingerprint density at radius 3 is 2.68 bits per heavy atom. The van der Waals surface area contributed by atoms with Crippen molar-refractivity contribution >= 4 is 5.65 Å². The van der Waals surface area contributed by atoms with E-state index in [-0.39, 0.29) is 0 Å². The van der Waals surface area contributed by atoms with Crippen LogP contribution < -0.4 is 4.74 Å². The molecule has 0 fully saturated rings.